The molecule has 1 atom stereocenters. The number of rotatable bonds is 6. The SMILES string of the molecule is COCCOc1ccc([C@]2(c3cccc(Br)c3)COC(N)=N2)cc1. The molecule has 0 unspecified atom stereocenters. The van der Waals surface area contributed by atoms with Gasteiger partial charge in [-0.05, 0) is 35.4 Å². The summed E-state index contributed by atoms with van der Waals surface area (Å²) in [7, 11) is 1.65. The van der Waals surface area contributed by atoms with Crippen molar-refractivity contribution in [2.45, 2.75) is 5.54 Å². The van der Waals surface area contributed by atoms with E-state index >= 15 is 0 Å². The molecule has 0 spiro atoms. The van der Waals surface area contributed by atoms with Crippen molar-refractivity contribution in [2.75, 3.05) is 26.9 Å². The molecule has 24 heavy (non-hydrogen) atoms. The van der Waals surface area contributed by atoms with Crippen LogP contribution in [0.5, 0.6) is 5.75 Å². The first-order chi connectivity index (χ1) is 11.6. The maximum Gasteiger partial charge on any atom is 0.283 e. The molecule has 1 aliphatic heterocycles. The van der Waals surface area contributed by atoms with Crippen LogP contribution in [0.1, 0.15) is 11.1 Å². The van der Waals surface area contributed by atoms with Crippen molar-refractivity contribution in [2.24, 2.45) is 10.7 Å². The van der Waals surface area contributed by atoms with Gasteiger partial charge in [0.25, 0.3) is 6.02 Å². The number of hydrogen-bond donors (Lipinski definition) is 1. The van der Waals surface area contributed by atoms with Gasteiger partial charge in [0.15, 0.2) is 5.54 Å². The highest BCUT2D eigenvalue weighted by atomic mass is 79.9. The molecule has 0 saturated heterocycles. The average molecular weight is 391 g/mol. The Morgan fingerprint density at radius 2 is 1.96 bits per heavy atom. The van der Waals surface area contributed by atoms with Crippen LogP contribution in [-0.2, 0) is 15.0 Å². The van der Waals surface area contributed by atoms with Gasteiger partial charge in [-0.25, -0.2) is 4.99 Å². The van der Waals surface area contributed by atoms with E-state index in [0.717, 1.165) is 21.3 Å². The lowest BCUT2D eigenvalue weighted by Gasteiger charge is -2.25. The molecule has 0 amide bonds. The molecule has 1 aliphatic rings. The minimum Gasteiger partial charge on any atom is -0.491 e. The summed E-state index contributed by atoms with van der Waals surface area (Å²) < 4.78 is 17.1. The monoisotopic (exact) mass is 390 g/mol. The maximum absolute atomic E-state index is 5.81. The van der Waals surface area contributed by atoms with Crippen molar-refractivity contribution in [3.05, 3.63) is 64.1 Å². The van der Waals surface area contributed by atoms with Gasteiger partial charge in [-0.1, -0.05) is 40.2 Å². The largest absolute Gasteiger partial charge is 0.491 e. The van der Waals surface area contributed by atoms with Crippen LogP contribution in [0.3, 0.4) is 0 Å². The number of methoxy groups -OCH3 is 1. The van der Waals surface area contributed by atoms with E-state index in [2.05, 4.69) is 20.9 Å². The molecule has 0 radical (unpaired) electrons. The van der Waals surface area contributed by atoms with E-state index in [4.69, 9.17) is 19.9 Å². The molecule has 3 rings (SSSR count). The van der Waals surface area contributed by atoms with Gasteiger partial charge in [0, 0.05) is 11.6 Å². The first-order valence-electron chi connectivity index (χ1n) is 7.60. The Labute approximate surface area is 149 Å². The Balaban J connectivity index is 1.93. The molecule has 5 nitrogen and oxygen atoms in total. The van der Waals surface area contributed by atoms with E-state index in [9.17, 15) is 0 Å². The molecule has 2 aromatic carbocycles. The lowest BCUT2D eigenvalue weighted by molar-refractivity contribution is 0.146. The van der Waals surface area contributed by atoms with E-state index in [-0.39, 0.29) is 6.02 Å². The first kappa shape index (κ1) is 16.8. The zero-order valence-electron chi connectivity index (χ0n) is 13.4. The van der Waals surface area contributed by atoms with Gasteiger partial charge in [0.05, 0.1) is 6.61 Å². The summed E-state index contributed by atoms with van der Waals surface area (Å²) in [6, 6.07) is 16.1. The molecule has 2 aromatic rings. The summed E-state index contributed by atoms with van der Waals surface area (Å²) in [6.07, 6.45) is 0. The number of aliphatic imine (C=N–C) groups is 1. The normalized spacial score (nSPS) is 19.7. The number of halogens is 1. The molecular formula is C18H19BrN2O3. The summed E-state index contributed by atoms with van der Waals surface area (Å²) >= 11 is 3.52. The fourth-order valence-corrected chi connectivity index (χ4v) is 3.11. The fraction of sp³-hybridized carbons (Fsp3) is 0.278. The third-order valence-corrected chi connectivity index (χ3v) is 4.41. The van der Waals surface area contributed by atoms with Gasteiger partial charge < -0.3 is 19.9 Å². The minimum absolute atomic E-state index is 0.204. The van der Waals surface area contributed by atoms with Crippen LogP contribution in [0.25, 0.3) is 0 Å². The van der Waals surface area contributed by atoms with Crippen LogP contribution in [0.4, 0.5) is 0 Å². The predicted molar refractivity (Wildman–Crippen MR) is 96.3 cm³/mol. The van der Waals surface area contributed by atoms with Gasteiger partial charge in [-0.2, -0.15) is 0 Å². The molecule has 0 aromatic heterocycles. The standard InChI is InChI=1S/C18H19BrN2O3/c1-22-9-10-23-16-7-5-13(6-8-16)18(12-24-17(20)21-18)14-3-2-4-15(19)11-14/h2-8,11H,9-10,12H2,1H3,(H2,20,21)/t18-/m0/s1. The third-order valence-electron chi connectivity index (χ3n) is 3.92. The number of hydrogen-bond acceptors (Lipinski definition) is 5. The van der Waals surface area contributed by atoms with Crippen molar-refractivity contribution in [1.82, 2.24) is 0 Å². The molecule has 0 bridgehead atoms. The minimum atomic E-state index is -0.640. The zero-order valence-corrected chi connectivity index (χ0v) is 15.0. The highest BCUT2D eigenvalue weighted by molar-refractivity contribution is 9.10. The van der Waals surface area contributed by atoms with Gasteiger partial charge in [0.1, 0.15) is 19.0 Å². The van der Waals surface area contributed by atoms with Gasteiger partial charge in [-0.15, -0.1) is 0 Å². The topological polar surface area (TPSA) is 66.1 Å². The second kappa shape index (κ2) is 7.23. The summed E-state index contributed by atoms with van der Waals surface area (Å²) in [5.41, 5.74) is 7.19. The molecular weight excluding hydrogens is 372 g/mol. The average Bonchev–Trinajstić information content (AvgIpc) is 2.99. The van der Waals surface area contributed by atoms with Gasteiger partial charge in [0.2, 0.25) is 0 Å². The Hall–Kier alpha value is -2.05. The number of nitrogens with zero attached hydrogens (tertiary/aromatic N) is 1. The lowest BCUT2D eigenvalue weighted by Crippen LogP contribution is -2.27. The van der Waals surface area contributed by atoms with Crippen LogP contribution >= 0.6 is 15.9 Å². The fourth-order valence-electron chi connectivity index (χ4n) is 2.71. The van der Waals surface area contributed by atoms with Gasteiger partial charge in [-0.3, -0.25) is 0 Å². The van der Waals surface area contributed by atoms with Crippen LogP contribution in [-0.4, -0.2) is 33.0 Å². The number of ether oxygens (including phenoxy) is 3. The smallest absolute Gasteiger partial charge is 0.283 e. The third kappa shape index (κ3) is 3.39. The summed E-state index contributed by atoms with van der Waals surface area (Å²) in [4.78, 5) is 4.60. The molecule has 0 fully saturated rings. The number of benzene rings is 2. The molecule has 1 heterocycles. The number of amidine groups is 1. The van der Waals surface area contributed by atoms with E-state index in [1.54, 1.807) is 7.11 Å². The molecule has 6 heteroatoms. The van der Waals surface area contributed by atoms with E-state index in [1.165, 1.54) is 0 Å². The Morgan fingerprint density at radius 3 is 2.58 bits per heavy atom. The molecule has 0 saturated carbocycles. The van der Waals surface area contributed by atoms with Crippen molar-refractivity contribution in [1.29, 1.82) is 0 Å². The quantitative estimate of drug-likeness (QED) is 0.769. The second-order valence-electron chi connectivity index (χ2n) is 5.47. The summed E-state index contributed by atoms with van der Waals surface area (Å²) in [6.45, 7) is 1.44. The Morgan fingerprint density at radius 1 is 1.17 bits per heavy atom. The van der Waals surface area contributed by atoms with Gasteiger partial charge >= 0.3 is 0 Å². The molecule has 2 N–H and O–H groups in total. The second-order valence-corrected chi connectivity index (χ2v) is 6.39. The molecule has 0 aliphatic carbocycles. The van der Waals surface area contributed by atoms with E-state index < -0.39 is 5.54 Å². The van der Waals surface area contributed by atoms with Crippen molar-refractivity contribution < 1.29 is 14.2 Å². The highest BCUT2D eigenvalue weighted by Gasteiger charge is 2.40. The van der Waals surface area contributed by atoms with Crippen molar-refractivity contribution in [3.8, 4) is 5.75 Å². The number of nitrogens with two attached hydrogens (primary N) is 1. The lowest BCUT2D eigenvalue weighted by atomic mass is 9.84. The van der Waals surface area contributed by atoms with Crippen LogP contribution in [0.15, 0.2) is 58.0 Å². The van der Waals surface area contributed by atoms with Crippen molar-refractivity contribution in [3.63, 3.8) is 0 Å². The van der Waals surface area contributed by atoms with E-state index in [0.29, 0.717) is 19.8 Å². The zero-order chi connectivity index (χ0) is 17.0. The predicted octanol–water partition coefficient (Wildman–Crippen LogP) is 3.06. The van der Waals surface area contributed by atoms with Crippen LogP contribution in [0.2, 0.25) is 0 Å². The van der Waals surface area contributed by atoms with E-state index in [1.807, 2.05) is 48.5 Å². The first-order valence-corrected chi connectivity index (χ1v) is 8.40. The Bertz CT molecular complexity index is 733. The maximum atomic E-state index is 5.81. The van der Waals surface area contributed by atoms with Crippen LogP contribution < -0.4 is 10.5 Å². The Kier molecular flexibility index (Phi) is 5.06. The highest BCUT2D eigenvalue weighted by Crippen LogP contribution is 2.38. The van der Waals surface area contributed by atoms with Crippen LogP contribution in [0, 0.1) is 0 Å². The molecule has 126 valence electrons. The summed E-state index contributed by atoms with van der Waals surface area (Å²) in [5.74, 6) is 0.788. The van der Waals surface area contributed by atoms with Crippen molar-refractivity contribution >= 4 is 22.0 Å². The summed E-state index contributed by atoms with van der Waals surface area (Å²) in [5, 5.41) is 0.